The first-order valence-corrected chi connectivity index (χ1v) is 19.0. The summed E-state index contributed by atoms with van der Waals surface area (Å²) >= 11 is 0. The van der Waals surface area contributed by atoms with Gasteiger partial charge in [-0.15, -0.1) is 0 Å². The standard InChI is InChI=1S/C25H28.C15H14.C10H16/c1-16(2)21-8-6-7-18-10-11-19-15-20(25(3,4)5)13-17-9-12-22(21)24(18)23(19)14-17;1-15(2)13-9-5-3-7-11(13)12-8-4-6-10-14(12)15;1-8(2)10-7-5-4-6-9(10)3/h7-16,23H,6H2,1-5H3;3-10H,1-2H3;5,7-8H,4,6H2,1-3H3. The molecule has 2 aromatic carbocycles. The van der Waals surface area contributed by atoms with E-state index in [9.17, 15) is 0 Å². The molecule has 6 aliphatic rings. The molecule has 1 atom stereocenters. The molecule has 6 aliphatic carbocycles. The van der Waals surface area contributed by atoms with Gasteiger partial charge in [0.15, 0.2) is 0 Å². The Labute approximate surface area is 303 Å². The lowest BCUT2D eigenvalue weighted by atomic mass is 9.76. The van der Waals surface area contributed by atoms with Gasteiger partial charge in [-0.1, -0.05) is 183 Å². The number of hydrogen-bond acceptors (Lipinski definition) is 0. The summed E-state index contributed by atoms with van der Waals surface area (Å²) in [5.74, 6) is 1.62. The Morgan fingerprint density at radius 2 is 1.40 bits per heavy atom. The van der Waals surface area contributed by atoms with E-state index in [1.54, 1.807) is 11.1 Å². The lowest BCUT2D eigenvalue weighted by molar-refractivity contribution is 0.516. The predicted octanol–water partition coefficient (Wildman–Crippen LogP) is 14.1. The second-order valence-corrected chi connectivity index (χ2v) is 16.9. The summed E-state index contributed by atoms with van der Waals surface area (Å²) in [4.78, 5) is 0. The maximum absolute atomic E-state index is 2.46. The van der Waals surface area contributed by atoms with Gasteiger partial charge < -0.3 is 0 Å². The van der Waals surface area contributed by atoms with E-state index in [2.05, 4.69) is 185 Å². The molecule has 0 heteroatoms. The van der Waals surface area contributed by atoms with Crippen LogP contribution in [-0.4, -0.2) is 0 Å². The molecular formula is C50H58. The van der Waals surface area contributed by atoms with Gasteiger partial charge in [-0.3, -0.25) is 0 Å². The third-order valence-corrected chi connectivity index (χ3v) is 11.2. The van der Waals surface area contributed by atoms with Crippen molar-refractivity contribution in [3.63, 3.8) is 0 Å². The zero-order valence-electron chi connectivity index (χ0n) is 32.3. The van der Waals surface area contributed by atoms with Crippen LogP contribution in [0.15, 0.2) is 166 Å². The Hall–Kier alpha value is -4.16. The number of fused-ring (bicyclic) bond motifs is 3. The first-order chi connectivity index (χ1) is 23.8. The van der Waals surface area contributed by atoms with E-state index in [1.165, 1.54) is 74.1 Å². The Balaban J connectivity index is 0.000000146. The summed E-state index contributed by atoms with van der Waals surface area (Å²) < 4.78 is 0. The van der Waals surface area contributed by atoms with Crippen molar-refractivity contribution in [3.8, 4) is 11.1 Å². The number of hydrogen-bond donors (Lipinski definition) is 0. The normalized spacial score (nSPS) is 20.9. The van der Waals surface area contributed by atoms with Gasteiger partial charge in [0.2, 0.25) is 0 Å². The molecular weight excluding hydrogens is 601 g/mol. The molecule has 0 N–H and O–H groups in total. The van der Waals surface area contributed by atoms with E-state index in [4.69, 9.17) is 0 Å². The number of rotatable bonds is 2. The van der Waals surface area contributed by atoms with Crippen LogP contribution in [0.1, 0.15) is 99.6 Å². The molecule has 2 aromatic rings. The van der Waals surface area contributed by atoms with Crippen molar-refractivity contribution in [3.05, 3.63) is 177 Å². The van der Waals surface area contributed by atoms with E-state index in [0.29, 0.717) is 17.8 Å². The predicted molar refractivity (Wildman–Crippen MR) is 218 cm³/mol. The molecule has 0 saturated carbocycles. The van der Waals surface area contributed by atoms with Gasteiger partial charge in [-0.05, 0) is 110 Å². The topological polar surface area (TPSA) is 0 Å². The minimum Gasteiger partial charge on any atom is -0.0839 e. The molecule has 0 aliphatic heterocycles. The molecule has 0 heterocycles. The van der Waals surface area contributed by atoms with Crippen molar-refractivity contribution >= 4 is 0 Å². The SMILES string of the molecule is CC(C)C1=CCC=C2C=CC3=CC(C(C)(C)C)=CC4=CC3C2=C1C=C4.CC1(C)c2ccccc2-c2ccccc21.CC1=C(C(C)C)C=CCC1. The van der Waals surface area contributed by atoms with Crippen LogP contribution in [-0.2, 0) is 5.41 Å². The summed E-state index contributed by atoms with van der Waals surface area (Å²) in [6, 6.07) is 17.4. The highest BCUT2D eigenvalue weighted by Crippen LogP contribution is 2.48. The number of allylic oxidation sites excluding steroid dienone is 20. The maximum Gasteiger partial charge on any atom is 0.0290 e. The van der Waals surface area contributed by atoms with Crippen LogP contribution in [0.2, 0.25) is 0 Å². The summed E-state index contributed by atoms with van der Waals surface area (Å²) in [6.07, 6.45) is 29.5. The van der Waals surface area contributed by atoms with Crippen LogP contribution in [0.25, 0.3) is 11.1 Å². The average molecular weight is 659 g/mol. The van der Waals surface area contributed by atoms with Crippen LogP contribution >= 0.6 is 0 Å². The fraction of sp³-hybridized carbons (Fsp3) is 0.360. The van der Waals surface area contributed by atoms with Gasteiger partial charge in [0.1, 0.15) is 0 Å². The van der Waals surface area contributed by atoms with Crippen LogP contribution < -0.4 is 0 Å². The summed E-state index contributed by atoms with van der Waals surface area (Å²) in [7, 11) is 0. The quantitative estimate of drug-likeness (QED) is 0.301. The minimum atomic E-state index is 0.154. The Kier molecular flexibility index (Phi) is 10.1. The third kappa shape index (κ3) is 7.05. The van der Waals surface area contributed by atoms with Crippen LogP contribution in [0.5, 0.6) is 0 Å². The van der Waals surface area contributed by atoms with E-state index in [1.807, 2.05) is 0 Å². The first-order valence-electron chi connectivity index (χ1n) is 19.0. The molecule has 0 spiro atoms. The highest BCUT2D eigenvalue weighted by Gasteiger charge is 2.34. The molecule has 0 fully saturated rings. The molecule has 2 bridgehead atoms. The summed E-state index contributed by atoms with van der Waals surface area (Å²) in [6.45, 7) is 22.9. The number of benzene rings is 2. The highest BCUT2D eigenvalue weighted by molar-refractivity contribution is 5.80. The monoisotopic (exact) mass is 658 g/mol. The Bertz CT molecular complexity index is 1920. The zero-order chi connectivity index (χ0) is 35.8. The van der Waals surface area contributed by atoms with Crippen molar-refractivity contribution < 1.29 is 0 Å². The largest absolute Gasteiger partial charge is 0.0839 e. The minimum absolute atomic E-state index is 0.154. The second kappa shape index (κ2) is 14.2. The summed E-state index contributed by atoms with van der Waals surface area (Å²) in [5.41, 5.74) is 19.2. The van der Waals surface area contributed by atoms with E-state index in [0.717, 1.165) is 6.42 Å². The van der Waals surface area contributed by atoms with E-state index < -0.39 is 0 Å². The van der Waals surface area contributed by atoms with Crippen molar-refractivity contribution in [2.75, 3.05) is 0 Å². The molecule has 8 rings (SSSR count). The smallest absolute Gasteiger partial charge is 0.0290 e. The molecule has 258 valence electrons. The first kappa shape index (κ1) is 35.7. The fourth-order valence-electron chi connectivity index (χ4n) is 8.37. The molecule has 0 aromatic heterocycles. The van der Waals surface area contributed by atoms with Crippen LogP contribution in [0, 0.1) is 23.2 Å². The van der Waals surface area contributed by atoms with Gasteiger partial charge in [-0.2, -0.15) is 0 Å². The van der Waals surface area contributed by atoms with Crippen LogP contribution in [0.3, 0.4) is 0 Å². The van der Waals surface area contributed by atoms with E-state index in [-0.39, 0.29) is 10.8 Å². The summed E-state index contributed by atoms with van der Waals surface area (Å²) in [5, 5.41) is 0. The van der Waals surface area contributed by atoms with Crippen LogP contribution in [0.4, 0.5) is 0 Å². The molecule has 0 amide bonds. The fourth-order valence-corrected chi connectivity index (χ4v) is 8.37. The van der Waals surface area contributed by atoms with Gasteiger partial charge >= 0.3 is 0 Å². The zero-order valence-corrected chi connectivity index (χ0v) is 32.3. The second-order valence-electron chi connectivity index (χ2n) is 16.9. The molecule has 0 radical (unpaired) electrons. The van der Waals surface area contributed by atoms with Crippen molar-refractivity contribution in [1.29, 1.82) is 0 Å². The molecule has 50 heavy (non-hydrogen) atoms. The van der Waals surface area contributed by atoms with Gasteiger partial charge in [0, 0.05) is 11.3 Å². The van der Waals surface area contributed by atoms with Crippen molar-refractivity contribution in [2.45, 2.75) is 93.9 Å². The Morgan fingerprint density at radius 1 is 0.740 bits per heavy atom. The molecule has 0 saturated heterocycles. The maximum atomic E-state index is 2.46. The lowest BCUT2D eigenvalue weighted by Gasteiger charge is -2.28. The average Bonchev–Trinajstić information content (AvgIpc) is 3.36. The molecule has 0 nitrogen and oxygen atoms in total. The highest BCUT2D eigenvalue weighted by atomic mass is 14.4. The van der Waals surface area contributed by atoms with Crippen molar-refractivity contribution in [2.24, 2.45) is 23.2 Å². The lowest BCUT2D eigenvalue weighted by Crippen LogP contribution is -2.14. The Morgan fingerprint density at radius 3 is 1.98 bits per heavy atom. The van der Waals surface area contributed by atoms with Crippen molar-refractivity contribution in [1.82, 2.24) is 0 Å². The van der Waals surface area contributed by atoms with E-state index >= 15 is 0 Å². The van der Waals surface area contributed by atoms with Gasteiger partial charge in [-0.25, -0.2) is 0 Å². The van der Waals surface area contributed by atoms with Gasteiger partial charge in [0.05, 0.1) is 0 Å². The third-order valence-electron chi connectivity index (χ3n) is 11.2. The van der Waals surface area contributed by atoms with Gasteiger partial charge in [0.25, 0.3) is 0 Å². The molecule has 1 unspecified atom stereocenters.